The van der Waals surface area contributed by atoms with Gasteiger partial charge >= 0.3 is 0 Å². The molecule has 1 aliphatic rings. The maximum atomic E-state index is 5.80. The first-order valence-electron chi connectivity index (χ1n) is 6.59. The molecule has 0 saturated carbocycles. The number of hydrogen-bond acceptors (Lipinski definition) is 2. The zero-order valence-electron chi connectivity index (χ0n) is 10.8. The fraction of sp³-hybridized carbons (Fsp3) is 1.00. The van der Waals surface area contributed by atoms with Crippen LogP contribution in [0.3, 0.4) is 0 Å². The summed E-state index contributed by atoms with van der Waals surface area (Å²) in [5.74, 6) is 1.48. The molecule has 0 bridgehead atoms. The van der Waals surface area contributed by atoms with Crippen molar-refractivity contribution in [2.24, 2.45) is 11.8 Å². The van der Waals surface area contributed by atoms with E-state index in [9.17, 15) is 0 Å². The summed E-state index contributed by atoms with van der Waals surface area (Å²) in [6.45, 7) is 11.1. The first-order chi connectivity index (χ1) is 7.24. The largest absolute Gasteiger partial charge is 0.378 e. The molecular weight excluding hydrogens is 186 g/mol. The second-order valence-corrected chi connectivity index (χ2v) is 4.74. The Morgan fingerprint density at radius 2 is 2.07 bits per heavy atom. The Labute approximate surface area is 94.8 Å². The Hall–Kier alpha value is -0.0800. The molecule has 15 heavy (non-hydrogen) atoms. The van der Waals surface area contributed by atoms with Crippen molar-refractivity contribution in [3.8, 4) is 0 Å². The molecule has 0 aliphatic carbocycles. The molecule has 1 heterocycles. The number of hydrogen-bond donors (Lipinski definition) is 1. The number of rotatable bonds is 6. The van der Waals surface area contributed by atoms with E-state index in [0.717, 1.165) is 31.4 Å². The number of ether oxygens (including phenoxy) is 1. The summed E-state index contributed by atoms with van der Waals surface area (Å²) in [6.07, 6.45) is 4.14. The molecule has 1 fully saturated rings. The molecule has 0 aromatic rings. The highest BCUT2D eigenvalue weighted by Gasteiger charge is 2.35. The lowest BCUT2D eigenvalue weighted by Gasteiger charge is -2.32. The lowest BCUT2D eigenvalue weighted by atomic mass is 9.83. The van der Waals surface area contributed by atoms with Gasteiger partial charge < -0.3 is 10.1 Å². The van der Waals surface area contributed by atoms with Gasteiger partial charge in [0.15, 0.2) is 0 Å². The van der Waals surface area contributed by atoms with Gasteiger partial charge in [-0.15, -0.1) is 0 Å². The lowest BCUT2D eigenvalue weighted by molar-refractivity contribution is 0.0703. The topological polar surface area (TPSA) is 21.3 Å². The zero-order chi connectivity index (χ0) is 11.3. The van der Waals surface area contributed by atoms with Crippen LogP contribution in [0.5, 0.6) is 0 Å². The molecule has 2 nitrogen and oxygen atoms in total. The second kappa shape index (κ2) is 6.49. The van der Waals surface area contributed by atoms with Crippen LogP contribution in [-0.4, -0.2) is 25.3 Å². The minimum Gasteiger partial charge on any atom is -0.378 e. The van der Waals surface area contributed by atoms with Crippen molar-refractivity contribution in [2.75, 3.05) is 13.2 Å². The average molecular weight is 213 g/mol. The molecule has 1 N–H and O–H groups in total. The molecule has 0 amide bonds. The van der Waals surface area contributed by atoms with Crippen LogP contribution in [0.4, 0.5) is 0 Å². The van der Waals surface area contributed by atoms with Crippen LogP contribution in [0.1, 0.15) is 47.0 Å². The van der Waals surface area contributed by atoms with E-state index < -0.39 is 0 Å². The van der Waals surface area contributed by atoms with Crippen molar-refractivity contribution in [1.29, 1.82) is 0 Å². The van der Waals surface area contributed by atoms with Crippen LogP contribution in [-0.2, 0) is 4.74 Å². The first-order valence-corrected chi connectivity index (χ1v) is 6.59. The normalized spacial score (nSPS) is 30.4. The summed E-state index contributed by atoms with van der Waals surface area (Å²) in [7, 11) is 0. The van der Waals surface area contributed by atoms with Gasteiger partial charge in [-0.1, -0.05) is 34.1 Å². The van der Waals surface area contributed by atoms with Gasteiger partial charge in [-0.2, -0.15) is 0 Å². The van der Waals surface area contributed by atoms with Crippen molar-refractivity contribution in [1.82, 2.24) is 5.32 Å². The smallest absolute Gasteiger partial charge is 0.0616 e. The van der Waals surface area contributed by atoms with Crippen molar-refractivity contribution in [3.05, 3.63) is 0 Å². The molecule has 0 aromatic heterocycles. The average Bonchev–Trinajstić information content (AvgIpc) is 2.72. The Bertz CT molecular complexity index is 172. The third-order valence-electron chi connectivity index (χ3n) is 3.82. The molecule has 4 atom stereocenters. The van der Waals surface area contributed by atoms with Crippen LogP contribution in [0, 0.1) is 11.8 Å². The SMILES string of the molecule is CCNC(C(C)CC)C1CCOC1CC. The molecule has 1 aliphatic heterocycles. The van der Waals surface area contributed by atoms with Gasteiger partial charge in [0.1, 0.15) is 0 Å². The maximum absolute atomic E-state index is 5.80. The highest BCUT2D eigenvalue weighted by Crippen LogP contribution is 2.30. The molecule has 1 saturated heterocycles. The first kappa shape index (κ1) is 13.0. The van der Waals surface area contributed by atoms with Crippen LogP contribution in [0.2, 0.25) is 0 Å². The van der Waals surface area contributed by atoms with Crippen LogP contribution in [0.25, 0.3) is 0 Å². The van der Waals surface area contributed by atoms with Gasteiger partial charge in [0, 0.05) is 18.6 Å². The van der Waals surface area contributed by atoms with E-state index >= 15 is 0 Å². The van der Waals surface area contributed by atoms with E-state index in [1.54, 1.807) is 0 Å². The Balaban J connectivity index is 2.60. The lowest BCUT2D eigenvalue weighted by Crippen LogP contribution is -2.44. The Morgan fingerprint density at radius 3 is 2.60 bits per heavy atom. The van der Waals surface area contributed by atoms with Crippen molar-refractivity contribution in [3.63, 3.8) is 0 Å². The fourth-order valence-corrected chi connectivity index (χ4v) is 2.76. The summed E-state index contributed by atoms with van der Waals surface area (Å²) in [5.41, 5.74) is 0. The van der Waals surface area contributed by atoms with Crippen molar-refractivity contribution in [2.45, 2.75) is 59.1 Å². The van der Waals surface area contributed by atoms with Crippen molar-refractivity contribution < 1.29 is 4.74 Å². The number of nitrogens with one attached hydrogen (secondary N) is 1. The molecular formula is C13H27NO. The van der Waals surface area contributed by atoms with Gasteiger partial charge in [0.2, 0.25) is 0 Å². The predicted octanol–water partition coefficient (Wildman–Crippen LogP) is 2.83. The van der Waals surface area contributed by atoms with Gasteiger partial charge in [-0.05, 0) is 25.3 Å². The van der Waals surface area contributed by atoms with Gasteiger partial charge in [-0.25, -0.2) is 0 Å². The second-order valence-electron chi connectivity index (χ2n) is 4.74. The van der Waals surface area contributed by atoms with E-state index in [0.29, 0.717) is 12.1 Å². The molecule has 0 radical (unpaired) electrons. The van der Waals surface area contributed by atoms with E-state index in [4.69, 9.17) is 4.74 Å². The molecule has 4 unspecified atom stereocenters. The molecule has 0 spiro atoms. The van der Waals surface area contributed by atoms with Crippen LogP contribution in [0.15, 0.2) is 0 Å². The van der Waals surface area contributed by atoms with E-state index in [2.05, 4.69) is 33.0 Å². The van der Waals surface area contributed by atoms with Gasteiger partial charge in [0.05, 0.1) is 6.10 Å². The monoisotopic (exact) mass is 213 g/mol. The quantitative estimate of drug-likeness (QED) is 0.732. The molecule has 0 aromatic carbocycles. The highest BCUT2D eigenvalue weighted by atomic mass is 16.5. The predicted molar refractivity (Wildman–Crippen MR) is 65.1 cm³/mol. The highest BCUT2D eigenvalue weighted by molar-refractivity contribution is 4.88. The van der Waals surface area contributed by atoms with E-state index in [-0.39, 0.29) is 0 Å². The van der Waals surface area contributed by atoms with Gasteiger partial charge in [-0.3, -0.25) is 0 Å². The Kier molecular flexibility index (Phi) is 5.62. The van der Waals surface area contributed by atoms with Crippen molar-refractivity contribution >= 4 is 0 Å². The Morgan fingerprint density at radius 1 is 1.33 bits per heavy atom. The van der Waals surface area contributed by atoms with E-state index in [1.165, 1.54) is 12.8 Å². The fourth-order valence-electron chi connectivity index (χ4n) is 2.76. The summed E-state index contributed by atoms with van der Waals surface area (Å²) in [6, 6.07) is 0.646. The molecule has 90 valence electrons. The minimum absolute atomic E-state index is 0.489. The molecule has 2 heteroatoms. The minimum atomic E-state index is 0.489. The van der Waals surface area contributed by atoms with Gasteiger partial charge in [0.25, 0.3) is 0 Å². The standard InChI is InChI=1S/C13H27NO/c1-5-10(4)13(14-7-3)11-8-9-15-12(11)6-2/h10-14H,5-9H2,1-4H3. The summed E-state index contributed by atoms with van der Waals surface area (Å²) < 4.78 is 5.80. The van der Waals surface area contributed by atoms with Crippen LogP contribution >= 0.6 is 0 Å². The third-order valence-corrected chi connectivity index (χ3v) is 3.82. The van der Waals surface area contributed by atoms with Crippen LogP contribution < -0.4 is 5.32 Å². The summed E-state index contributed by atoms with van der Waals surface area (Å²) >= 11 is 0. The van der Waals surface area contributed by atoms with E-state index in [1.807, 2.05) is 0 Å². The third kappa shape index (κ3) is 3.18. The molecule has 1 rings (SSSR count). The zero-order valence-corrected chi connectivity index (χ0v) is 10.8. The maximum Gasteiger partial charge on any atom is 0.0616 e. The summed E-state index contributed by atoms with van der Waals surface area (Å²) in [5, 5.41) is 3.66. The summed E-state index contributed by atoms with van der Waals surface area (Å²) in [4.78, 5) is 0.